The SMILES string of the molecule is CCC(CNS(=O)(=O)c1ccc(C)cc1C)c1ccccc1. The Morgan fingerprint density at radius 1 is 1.05 bits per heavy atom. The van der Waals surface area contributed by atoms with Crippen LogP contribution in [0, 0.1) is 13.8 Å². The lowest BCUT2D eigenvalue weighted by molar-refractivity contribution is 0.565. The lowest BCUT2D eigenvalue weighted by Gasteiger charge is -2.17. The van der Waals surface area contributed by atoms with Crippen LogP contribution in [0.15, 0.2) is 53.4 Å². The Labute approximate surface area is 133 Å². The van der Waals surface area contributed by atoms with E-state index in [-0.39, 0.29) is 5.92 Å². The van der Waals surface area contributed by atoms with Crippen molar-refractivity contribution < 1.29 is 8.42 Å². The Morgan fingerprint density at radius 3 is 2.32 bits per heavy atom. The highest BCUT2D eigenvalue weighted by Gasteiger charge is 2.19. The first kappa shape index (κ1) is 16.7. The molecule has 2 aromatic carbocycles. The molecule has 4 heteroatoms. The van der Waals surface area contributed by atoms with E-state index < -0.39 is 10.0 Å². The molecule has 0 saturated heterocycles. The van der Waals surface area contributed by atoms with Gasteiger partial charge in [0.15, 0.2) is 0 Å². The standard InChI is InChI=1S/C18H23NO2S/c1-4-16(17-8-6-5-7-9-17)13-19-22(20,21)18-11-10-14(2)12-15(18)3/h5-12,16,19H,4,13H2,1-3H3. The zero-order valence-corrected chi connectivity index (χ0v) is 14.2. The van der Waals surface area contributed by atoms with Crippen LogP contribution in [-0.4, -0.2) is 15.0 Å². The molecule has 0 spiro atoms. The van der Waals surface area contributed by atoms with Crippen LogP contribution in [-0.2, 0) is 10.0 Å². The Bertz CT molecular complexity index is 724. The van der Waals surface area contributed by atoms with Crippen LogP contribution < -0.4 is 4.72 Å². The Kier molecular flexibility index (Phi) is 5.37. The predicted molar refractivity (Wildman–Crippen MR) is 90.6 cm³/mol. The predicted octanol–water partition coefficient (Wildman–Crippen LogP) is 3.78. The van der Waals surface area contributed by atoms with E-state index >= 15 is 0 Å². The van der Waals surface area contributed by atoms with Gasteiger partial charge in [0.25, 0.3) is 0 Å². The first-order chi connectivity index (χ1) is 10.4. The van der Waals surface area contributed by atoms with Crippen molar-refractivity contribution in [2.45, 2.75) is 38.0 Å². The second-order valence-corrected chi connectivity index (χ2v) is 7.37. The molecule has 0 amide bonds. The maximum Gasteiger partial charge on any atom is 0.240 e. The average molecular weight is 317 g/mol. The van der Waals surface area contributed by atoms with E-state index in [2.05, 4.69) is 11.6 Å². The molecule has 0 heterocycles. The van der Waals surface area contributed by atoms with Crippen molar-refractivity contribution in [3.05, 3.63) is 65.2 Å². The van der Waals surface area contributed by atoms with Gasteiger partial charge in [0.05, 0.1) is 4.90 Å². The molecule has 2 aromatic rings. The van der Waals surface area contributed by atoms with Crippen molar-refractivity contribution in [2.24, 2.45) is 0 Å². The number of aryl methyl sites for hydroxylation is 2. The van der Waals surface area contributed by atoms with Gasteiger partial charge in [0.2, 0.25) is 10.0 Å². The quantitative estimate of drug-likeness (QED) is 0.881. The average Bonchev–Trinajstić information content (AvgIpc) is 2.48. The summed E-state index contributed by atoms with van der Waals surface area (Å²) in [6.07, 6.45) is 0.888. The molecule has 0 saturated carbocycles. The lowest BCUT2D eigenvalue weighted by atomic mass is 9.97. The van der Waals surface area contributed by atoms with Gasteiger partial charge in [-0.1, -0.05) is 55.0 Å². The van der Waals surface area contributed by atoms with E-state index in [9.17, 15) is 8.42 Å². The van der Waals surface area contributed by atoms with Gasteiger partial charge in [-0.3, -0.25) is 0 Å². The highest BCUT2D eigenvalue weighted by Crippen LogP contribution is 2.20. The molecule has 0 aliphatic rings. The smallest absolute Gasteiger partial charge is 0.211 e. The molecule has 0 fully saturated rings. The molecule has 22 heavy (non-hydrogen) atoms. The van der Waals surface area contributed by atoms with Crippen LogP contribution in [0.1, 0.15) is 36.0 Å². The summed E-state index contributed by atoms with van der Waals surface area (Å²) in [5.41, 5.74) is 3.00. The summed E-state index contributed by atoms with van der Waals surface area (Å²) >= 11 is 0. The largest absolute Gasteiger partial charge is 0.240 e. The summed E-state index contributed by atoms with van der Waals surface area (Å²) in [7, 11) is -3.47. The minimum absolute atomic E-state index is 0.182. The first-order valence-electron chi connectivity index (χ1n) is 7.56. The number of hydrogen-bond donors (Lipinski definition) is 1. The van der Waals surface area contributed by atoms with E-state index in [1.165, 1.54) is 0 Å². The van der Waals surface area contributed by atoms with Gasteiger partial charge in [0.1, 0.15) is 0 Å². The van der Waals surface area contributed by atoms with Gasteiger partial charge in [-0.25, -0.2) is 13.1 Å². The molecule has 118 valence electrons. The van der Waals surface area contributed by atoms with E-state index in [4.69, 9.17) is 0 Å². The van der Waals surface area contributed by atoms with Gasteiger partial charge in [-0.15, -0.1) is 0 Å². The molecule has 1 atom stereocenters. The number of hydrogen-bond acceptors (Lipinski definition) is 2. The second kappa shape index (κ2) is 7.07. The fraction of sp³-hybridized carbons (Fsp3) is 0.333. The molecule has 1 unspecified atom stereocenters. The molecule has 0 aliphatic carbocycles. The lowest BCUT2D eigenvalue weighted by Crippen LogP contribution is -2.29. The van der Waals surface area contributed by atoms with Gasteiger partial charge < -0.3 is 0 Å². The van der Waals surface area contributed by atoms with E-state index in [1.54, 1.807) is 6.07 Å². The summed E-state index contributed by atoms with van der Waals surface area (Å²) in [6.45, 7) is 6.27. The normalized spacial score (nSPS) is 13.0. The van der Waals surface area contributed by atoms with Crippen molar-refractivity contribution in [1.29, 1.82) is 0 Å². The topological polar surface area (TPSA) is 46.2 Å². The molecule has 2 rings (SSSR count). The minimum Gasteiger partial charge on any atom is -0.211 e. The molecular formula is C18H23NO2S. The summed E-state index contributed by atoms with van der Waals surface area (Å²) < 4.78 is 27.8. The highest BCUT2D eigenvalue weighted by molar-refractivity contribution is 7.89. The molecule has 3 nitrogen and oxygen atoms in total. The zero-order valence-electron chi connectivity index (χ0n) is 13.3. The Balaban J connectivity index is 2.15. The monoisotopic (exact) mass is 317 g/mol. The highest BCUT2D eigenvalue weighted by atomic mass is 32.2. The van der Waals surface area contributed by atoms with Crippen LogP contribution in [0.5, 0.6) is 0 Å². The molecular weight excluding hydrogens is 294 g/mol. The molecule has 1 N–H and O–H groups in total. The van der Waals surface area contributed by atoms with Crippen LogP contribution in [0.2, 0.25) is 0 Å². The Morgan fingerprint density at radius 2 is 1.73 bits per heavy atom. The van der Waals surface area contributed by atoms with Crippen molar-refractivity contribution in [3.63, 3.8) is 0 Å². The summed E-state index contributed by atoms with van der Waals surface area (Å²) in [5.74, 6) is 0.182. The number of rotatable bonds is 6. The van der Waals surface area contributed by atoms with Crippen LogP contribution in [0.4, 0.5) is 0 Å². The van der Waals surface area contributed by atoms with E-state index in [0.717, 1.165) is 23.1 Å². The van der Waals surface area contributed by atoms with Gasteiger partial charge >= 0.3 is 0 Å². The van der Waals surface area contributed by atoms with E-state index in [0.29, 0.717) is 11.4 Å². The fourth-order valence-electron chi connectivity index (χ4n) is 2.61. The first-order valence-corrected chi connectivity index (χ1v) is 9.04. The summed E-state index contributed by atoms with van der Waals surface area (Å²) in [5, 5.41) is 0. The van der Waals surface area contributed by atoms with Gasteiger partial charge in [0, 0.05) is 6.54 Å². The maximum absolute atomic E-state index is 12.5. The third kappa shape index (κ3) is 3.96. The Hall–Kier alpha value is -1.65. The van der Waals surface area contributed by atoms with Gasteiger partial charge in [-0.05, 0) is 43.4 Å². The molecule has 0 radical (unpaired) electrons. The molecule has 0 bridgehead atoms. The maximum atomic E-state index is 12.5. The minimum atomic E-state index is -3.47. The van der Waals surface area contributed by atoms with Crippen molar-refractivity contribution >= 4 is 10.0 Å². The molecule has 0 aromatic heterocycles. The number of benzene rings is 2. The van der Waals surface area contributed by atoms with E-state index in [1.807, 2.05) is 56.3 Å². The van der Waals surface area contributed by atoms with Crippen molar-refractivity contribution in [1.82, 2.24) is 4.72 Å². The van der Waals surface area contributed by atoms with Crippen molar-refractivity contribution in [2.75, 3.05) is 6.54 Å². The van der Waals surface area contributed by atoms with Gasteiger partial charge in [-0.2, -0.15) is 0 Å². The van der Waals surface area contributed by atoms with Crippen molar-refractivity contribution in [3.8, 4) is 0 Å². The molecule has 0 aliphatic heterocycles. The fourth-order valence-corrected chi connectivity index (χ4v) is 3.92. The van der Waals surface area contributed by atoms with Crippen LogP contribution >= 0.6 is 0 Å². The third-order valence-electron chi connectivity index (χ3n) is 3.90. The number of sulfonamides is 1. The van der Waals surface area contributed by atoms with Crippen LogP contribution in [0.3, 0.4) is 0 Å². The zero-order chi connectivity index (χ0) is 16.2. The third-order valence-corrected chi connectivity index (χ3v) is 5.49. The summed E-state index contributed by atoms with van der Waals surface area (Å²) in [4.78, 5) is 0.362. The van der Waals surface area contributed by atoms with Crippen LogP contribution in [0.25, 0.3) is 0 Å². The summed E-state index contributed by atoms with van der Waals surface area (Å²) in [6, 6.07) is 15.4. The second-order valence-electron chi connectivity index (χ2n) is 5.64. The number of nitrogens with one attached hydrogen (secondary N) is 1.